The Kier molecular flexibility index (Phi) is 4.91. The van der Waals surface area contributed by atoms with Crippen LogP contribution in [-0.2, 0) is 11.3 Å². The first-order chi connectivity index (χ1) is 10.3. The fraction of sp³-hybridized carbons (Fsp3) is 0.611. The van der Waals surface area contributed by atoms with Crippen molar-refractivity contribution in [3.8, 4) is 0 Å². The average Bonchev–Trinajstić information content (AvgIpc) is 3.34. The predicted molar refractivity (Wildman–Crippen MR) is 84.9 cm³/mol. The van der Waals surface area contributed by atoms with Gasteiger partial charge in [-0.1, -0.05) is 43.2 Å². The standard InChI is InChI=1S/C18H26N2O/c21-18(19-12-6-1-2-7-13-19)15-20(17-10-11-17)14-16-8-4-3-5-9-16/h3-5,8-9,17H,1-2,6-7,10-15H2. The second-order valence-electron chi connectivity index (χ2n) is 6.42. The smallest absolute Gasteiger partial charge is 0.236 e. The lowest BCUT2D eigenvalue weighted by Gasteiger charge is -2.26. The maximum absolute atomic E-state index is 12.6. The number of benzene rings is 1. The van der Waals surface area contributed by atoms with Crippen LogP contribution in [0.25, 0.3) is 0 Å². The van der Waals surface area contributed by atoms with E-state index < -0.39 is 0 Å². The third-order valence-electron chi connectivity index (χ3n) is 4.59. The van der Waals surface area contributed by atoms with E-state index in [0.29, 0.717) is 18.5 Å². The Bertz CT molecular complexity index is 448. The fourth-order valence-corrected chi connectivity index (χ4v) is 3.17. The summed E-state index contributed by atoms with van der Waals surface area (Å²) < 4.78 is 0. The van der Waals surface area contributed by atoms with Crippen LogP contribution in [0, 0.1) is 0 Å². The maximum atomic E-state index is 12.6. The lowest BCUT2D eigenvalue weighted by molar-refractivity contribution is -0.132. The monoisotopic (exact) mass is 286 g/mol. The number of amides is 1. The number of carbonyl (C=O) groups excluding carboxylic acids is 1. The molecule has 0 radical (unpaired) electrons. The second-order valence-corrected chi connectivity index (χ2v) is 6.42. The van der Waals surface area contributed by atoms with Crippen LogP contribution in [-0.4, -0.2) is 41.4 Å². The van der Waals surface area contributed by atoms with Gasteiger partial charge in [-0.3, -0.25) is 9.69 Å². The molecule has 1 saturated heterocycles. The van der Waals surface area contributed by atoms with Gasteiger partial charge in [0.05, 0.1) is 6.54 Å². The van der Waals surface area contributed by atoms with E-state index >= 15 is 0 Å². The number of hydrogen-bond donors (Lipinski definition) is 0. The van der Waals surface area contributed by atoms with Crippen LogP contribution in [0.3, 0.4) is 0 Å². The molecule has 3 heteroatoms. The zero-order chi connectivity index (χ0) is 14.5. The molecule has 0 atom stereocenters. The Morgan fingerprint density at radius 2 is 1.71 bits per heavy atom. The molecule has 2 fully saturated rings. The lowest BCUT2D eigenvalue weighted by atomic mass is 10.2. The molecule has 0 spiro atoms. The number of likely N-dealkylation sites (tertiary alicyclic amines) is 1. The van der Waals surface area contributed by atoms with Crippen molar-refractivity contribution >= 4 is 5.91 Å². The van der Waals surface area contributed by atoms with Gasteiger partial charge in [0.2, 0.25) is 5.91 Å². The van der Waals surface area contributed by atoms with Gasteiger partial charge in [-0.15, -0.1) is 0 Å². The number of hydrogen-bond acceptors (Lipinski definition) is 2. The van der Waals surface area contributed by atoms with Crippen LogP contribution in [0.1, 0.15) is 44.1 Å². The van der Waals surface area contributed by atoms with Crippen LogP contribution in [0.2, 0.25) is 0 Å². The Morgan fingerprint density at radius 1 is 1.05 bits per heavy atom. The van der Waals surface area contributed by atoms with Crippen molar-refractivity contribution in [2.45, 2.75) is 51.1 Å². The minimum absolute atomic E-state index is 0.333. The third-order valence-corrected chi connectivity index (χ3v) is 4.59. The van der Waals surface area contributed by atoms with Crippen LogP contribution in [0.5, 0.6) is 0 Å². The first kappa shape index (κ1) is 14.6. The van der Waals surface area contributed by atoms with E-state index in [2.05, 4.69) is 34.1 Å². The molecule has 0 aromatic heterocycles. The van der Waals surface area contributed by atoms with Gasteiger partial charge in [0.25, 0.3) is 0 Å². The molecular formula is C18H26N2O. The molecule has 21 heavy (non-hydrogen) atoms. The van der Waals surface area contributed by atoms with E-state index in [9.17, 15) is 4.79 Å². The number of rotatable bonds is 5. The molecule has 0 N–H and O–H groups in total. The molecule has 1 aliphatic heterocycles. The largest absolute Gasteiger partial charge is 0.342 e. The molecule has 3 rings (SSSR count). The molecule has 1 saturated carbocycles. The molecule has 0 bridgehead atoms. The van der Waals surface area contributed by atoms with Crippen molar-refractivity contribution in [1.82, 2.24) is 9.80 Å². The van der Waals surface area contributed by atoms with Gasteiger partial charge in [-0.2, -0.15) is 0 Å². The lowest BCUT2D eigenvalue weighted by Crippen LogP contribution is -2.41. The zero-order valence-electron chi connectivity index (χ0n) is 12.8. The second kappa shape index (κ2) is 7.08. The van der Waals surface area contributed by atoms with Gasteiger partial charge in [0.15, 0.2) is 0 Å². The van der Waals surface area contributed by atoms with Gasteiger partial charge >= 0.3 is 0 Å². The van der Waals surface area contributed by atoms with Gasteiger partial charge in [-0.05, 0) is 31.2 Å². The molecular weight excluding hydrogens is 260 g/mol. The normalized spacial score (nSPS) is 19.6. The van der Waals surface area contributed by atoms with E-state index in [4.69, 9.17) is 0 Å². The van der Waals surface area contributed by atoms with Crippen LogP contribution >= 0.6 is 0 Å². The highest BCUT2D eigenvalue weighted by atomic mass is 16.2. The molecule has 1 aromatic rings. The first-order valence-electron chi connectivity index (χ1n) is 8.39. The average molecular weight is 286 g/mol. The topological polar surface area (TPSA) is 23.6 Å². The van der Waals surface area contributed by atoms with E-state index in [1.165, 1.54) is 44.1 Å². The highest BCUT2D eigenvalue weighted by Gasteiger charge is 2.31. The van der Waals surface area contributed by atoms with Gasteiger partial charge < -0.3 is 4.90 Å². The van der Waals surface area contributed by atoms with E-state index in [1.807, 2.05) is 6.07 Å². The van der Waals surface area contributed by atoms with Gasteiger partial charge in [0.1, 0.15) is 0 Å². The number of carbonyl (C=O) groups is 1. The summed E-state index contributed by atoms with van der Waals surface area (Å²) in [7, 11) is 0. The molecule has 1 heterocycles. The highest BCUT2D eigenvalue weighted by molar-refractivity contribution is 5.78. The number of nitrogens with zero attached hydrogens (tertiary/aromatic N) is 2. The zero-order valence-corrected chi connectivity index (χ0v) is 12.8. The van der Waals surface area contributed by atoms with Gasteiger partial charge in [0, 0.05) is 25.7 Å². The Hall–Kier alpha value is -1.35. The van der Waals surface area contributed by atoms with Crippen LogP contribution < -0.4 is 0 Å². The SMILES string of the molecule is O=C(CN(Cc1ccccc1)C1CC1)N1CCCCCC1. The summed E-state index contributed by atoms with van der Waals surface area (Å²) in [5.41, 5.74) is 1.31. The predicted octanol–water partition coefficient (Wildman–Crippen LogP) is 3.05. The molecule has 1 amide bonds. The highest BCUT2D eigenvalue weighted by Crippen LogP contribution is 2.28. The summed E-state index contributed by atoms with van der Waals surface area (Å²) in [5, 5.41) is 0. The van der Waals surface area contributed by atoms with Crippen LogP contribution in [0.4, 0.5) is 0 Å². The molecule has 0 unspecified atom stereocenters. The molecule has 1 aliphatic carbocycles. The van der Waals surface area contributed by atoms with E-state index in [0.717, 1.165) is 19.6 Å². The summed E-state index contributed by atoms with van der Waals surface area (Å²) in [5.74, 6) is 0.333. The summed E-state index contributed by atoms with van der Waals surface area (Å²) in [6, 6.07) is 11.2. The molecule has 1 aromatic carbocycles. The molecule has 3 nitrogen and oxygen atoms in total. The fourth-order valence-electron chi connectivity index (χ4n) is 3.17. The third kappa shape index (κ3) is 4.31. The van der Waals surface area contributed by atoms with Crippen molar-refractivity contribution in [2.24, 2.45) is 0 Å². The summed E-state index contributed by atoms with van der Waals surface area (Å²) >= 11 is 0. The Balaban J connectivity index is 1.58. The van der Waals surface area contributed by atoms with Crippen molar-refractivity contribution < 1.29 is 4.79 Å². The van der Waals surface area contributed by atoms with Gasteiger partial charge in [-0.25, -0.2) is 0 Å². The van der Waals surface area contributed by atoms with Crippen LogP contribution in [0.15, 0.2) is 30.3 Å². The van der Waals surface area contributed by atoms with Crippen molar-refractivity contribution in [2.75, 3.05) is 19.6 Å². The quantitative estimate of drug-likeness (QED) is 0.830. The van der Waals surface area contributed by atoms with Crippen molar-refractivity contribution in [3.63, 3.8) is 0 Å². The summed E-state index contributed by atoms with van der Waals surface area (Å²) in [6.07, 6.45) is 7.40. The van der Waals surface area contributed by atoms with E-state index in [1.54, 1.807) is 0 Å². The maximum Gasteiger partial charge on any atom is 0.236 e. The van der Waals surface area contributed by atoms with Crippen molar-refractivity contribution in [1.29, 1.82) is 0 Å². The minimum Gasteiger partial charge on any atom is -0.342 e. The molecule has 114 valence electrons. The minimum atomic E-state index is 0.333. The summed E-state index contributed by atoms with van der Waals surface area (Å²) in [4.78, 5) is 17.0. The molecule has 2 aliphatic rings. The first-order valence-corrected chi connectivity index (χ1v) is 8.39. The summed E-state index contributed by atoms with van der Waals surface area (Å²) in [6.45, 7) is 3.43. The van der Waals surface area contributed by atoms with Crippen molar-refractivity contribution in [3.05, 3.63) is 35.9 Å². The Morgan fingerprint density at radius 3 is 2.33 bits per heavy atom. The Labute approximate surface area is 127 Å². The van der Waals surface area contributed by atoms with E-state index in [-0.39, 0.29) is 0 Å².